The lowest BCUT2D eigenvalue weighted by atomic mass is 10.4. The molecule has 3 heteroatoms. The van der Waals surface area contributed by atoms with E-state index in [4.69, 9.17) is 0 Å². The highest BCUT2D eigenvalue weighted by molar-refractivity contribution is 7.12. The zero-order valence-electron chi connectivity index (χ0n) is 9.04. The molecule has 15 heavy (non-hydrogen) atoms. The van der Waals surface area contributed by atoms with Crippen LogP contribution in [0.4, 0.5) is 0 Å². The van der Waals surface area contributed by atoms with Crippen molar-refractivity contribution in [1.29, 1.82) is 0 Å². The van der Waals surface area contributed by atoms with E-state index in [9.17, 15) is 0 Å². The van der Waals surface area contributed by atoms with Crippen molar-refractivity contribution in [1.82, 2.24) is 5.32 Å². The van der Waals surface area contributed by atoms with E-state index in [0.29, 0.717) is 0 Å². The zero-order valence-corrected chi connectivity index (χ0v) is 10.7. The molecule has 2 rings (SSSR count). The lowest BCUT2D eigenvalue weighted by Gasteiger charge is -1.99. The first kappa shape index (κ1) is 10.9. The molecule has 1 nitrogen and oxygen atoms in total. The van der Waals surface area contributed by atoms with Crippen LogP contribution in [0, 0.1) is 13.8 Å². The quantitative estimate of drug-likeness (QED) is 0.854. The van der Waals surface area contributed by atoms with E-state index in [2.05, 4.69) is 43.4 Å². The fourth-order valence-corrected chi connectivity index (χ4v) is 3.19. The smallest absolute Gasteiger partial charge is 0.0303 e. The number of hydrogen-bond acceptors (Lipinski definition) is 3. The molecule has 0 radical (unpaired) electrons. The summed E-state index contributed by atoms with van der Waals surface area (Å²) in [7, 11) is 0. The Morgan fingerprint density at radius 1 is 0.867 bits per heavy atom. The van der Waals surface area contributed by atoms with Crippen LogP contribution in [0.2, 0.25) is 0 Å². The summed E-state index contributed by atoms with van der Waals surface area (Å²) in [4.78, 5) is 5.61. The predicted octanol–water partition coefficient (Wildman–Crippen LogP) is 3.72. The Labute approximate surface area is 98.8 Å². The molecule has 0 amide bonds. The summed E-state index contributed by atoms with van der Waals surface area (Å²) < 4.78 is 0. The van der Waals surface area contributed by atoms with E-state index in [1.807, 2.05) is 22.7 Å². The van der Waals surface area contributed by atoms with Crippen molar-refractivity contribution in [3.05, 3.63) is 43.8 Å². The Kier molecular flexibility index (Phi) is 3.57. The summed E-state index contributed by atoms with van der Waals surface area (Å²) in [5.74, 6) is 0. The van der Waals surface area contributed by atoms with Crippen molar-refractivity contribution in [2.75, 3.05) is 0 Å². The third-order valence-corrected chi connectivity index (χ3v) is 4.19. The zero-order chi connectivity index (χ0) is 10.7. The van der Waals surface area contributed by atoms with Crippen molar-refractivity contribution in [3.8, 4) is 0 Å². The molecule has 0 unspecified atom stereocenters. The van der Waals surface area contributed by atoms with Crippen LogP contribution >= 0.6 is 22.7 Å². The van der Waals surface area contributed by atoms with E-state index in [0.717, 1.165) is 13.1 Å². The first-order valence-corrected chi connectivity index (χ1v) is 6.69. The molecule has 0 bridgehead atoms. The maximum Gasteiger partial charge on any atom is 0.0303 e. The van der Waals surface area contributed by atoms with E-state index in [1.165, 1.54) is 19.5 Å². The highest BCUT2D eigenvalue weighted by Gasteiger charge is 1.98. The van der Waals surface area contributed by atoms with E-state index in [1.54, 1.807) is 0 Å². The monoisotopic (exact) mass is 237 g/mol. The van der Waals surface area contributed by atoms with Crippen molar-refractivity contribution < 1.29 is 0 Å². The Bertz CT molecular complexity index is 388. The molecule has 0 aliphatic heterocycles. The lowest BCUT2D eigenvalue weighted by Crippen LogP contribution is -2.10. The molecule has 2 heterocycles. The molecular formula is C12H15NS2. The normalized spacial score (nSPS) is 10.8. The van der Waals surface area contributed by atoms with Crippen molar-refractivity contribution >= 4 is 22.7 Å². The van der Waals surface area contributed by atoms with Gasteiger partial charge in [-0.05, 0) is 38.1 Å². The number of nitrogens with one attached hydrogen (secondary N) is 1. The van der Waals surface area contributed by atoms with Gasteiger partial charge < -0.3 is 5.32 Å². The van der Waals surface area contributed by atoms with Gasteiger partial charge in [0, 0.05) is 32.6 Å². The van der Waals surface area contributed by atoms with Gasteiger partial charge in [0.15, 0.2) is 0 Å². The van der Waals surface area contributed by atoms with Crippen LogP contribution in [-0.2, 0) is 13.1 Å². The minimum atomic E-state index is 0.982. The summed E-state index contributed by atoms with van der Waals surface area (Å²) in [6, 6.07) is 8.76. The lowest BCUT2D eigenvalue weighted by molar-refractivity contribution is 0.709. The van der Waals surface area contributed by atoms with E-state index in [-0.39, 0.29) is 0 Å². The fraction of sp³-hybridized carbons (Fsp3) is 0.333. The molecule has 0 atom stereocenters. The Balaban J connectivity index is 1.80. The Morgan fingerprint density at radius 3 is 1.67 bits per heavy atom. The molecule has 0 fully saturated rings. The Hall–Kier alpha value is -0.640. The van der Waals surface area contributed by atoms with Crippen LogP contribution in [-0.4, -0.2) is 0 Å². The average molecular weight is 237 g/mol. The van der Waals surface area contributed by atoms with Gasteiger partial charge in [0.25, 0.3) is 0 Å². The van der Waals surface area contributed by atoms with Crippen LogP contribution in [0.3, 0.4) is 0 Å². The molecule has 2 aromatic heterocycles. The topological polar surface area (TPSA) is 12.0 Å². The predicted molar refractivity (Wildman–Crippen MR) is 68.7 cm³/mol. The van der Waals surface area contributed by atoms with Gasteiger partial charge in [-0.25, -0.2) is 0 Å². The van der Waals surface area contributed by atoms with Gasteiger partial charge in [0.1, 0.15) is 0 Å². The maximum absolute atomic E-state index is 3.47. The van der Waals surface area contributed by atoms with Crippen LogP contribution < -0.4 is 5.32 Å². The van der Waals surface area contributed by atoms with Crippen molar-refractivity contribution in [2.45, 2.75) is 26.9 Å². The number of aryl methyl sites for hydroxylation is 2. The molecule has 0 saturated carbocycles. The van der Waals surface area contributed by atoms with Gasteiger partial charge >= 0.3 is 0 Å². The molecule has 0 aliphatic carbocycles. The first-order valence-electron chi connectivity index (χ1n) is 5.05. The Morgan fingerprint density at radius 2 is 1.33 bits per heavy atom. The average Bonchev–Trinajstić information content (AvgIpc) is 2.76. The highest BCUT2D eigenvalue weighted by Crippen LogP contribution is 2.16. The summed E-state index contributed by atoms with van der Waals surface area (Å²) in [6.07, 6.45) is 0. The molecular weight excluding hydrogens is 222 g/mol. The summed E-state index contributed by atoms with van der Waals surface area (Å²) in [5, 5.41) is 3.47. The first-order chi connectivity index (χ1) is 7.24. The molecule has 1 N–H and O–H groups in total. The minimum absolute atomic E-state index is 0.982. The number of rotatable bonds is 4. The largest absolute Gasteiger partial charge is 0.307 e. The highest BCUT2D eigenvalue weighted by atomic mass is 32.1. The van der Waals surface area contributed by atoms with Crippen LogP contribution in [0.15, 0.2) is 24.3 Å². The van der Waals surface area contributed by atoms with E-state index >= 15 is 0 Å². The maximum atomic E-state index is 3.47. The summed E-state index contributed by atoms with van der Waals surface area (Å²) >= 11 is 3.74. The third-order valence-electron chi connectivity index (χ3n) is 2.19. The van der Waals surface area contributed by atoms with Gasteiger partial charge in [0.05, 0.1) is 0 Å². The van der Waals surface area contributed by atoms with Gasteiger partial charge in [-0.3, -0.25) is 0 Å². The molecule has 80 valence electrons. The van der Waals surface area contributed by atoms with Crippen molar-refractivity contribution in [2.24, 2.45) is 0 Å². The van der Waals surface area contributed by atoms with Crippen LogP contribution in [0.25, 0.3) is 0 Å². The molecule has 0 aromatic carbocycles. The second-order valence-corrected chi connectivity index (χ2v) is 6.37. The third kappa shape index (κ3) is 3.16. The van der Waals surface area contributed by atoms with Crippen LogP contribution in [0.1, 0.15) is 19.5 Å². The van der Waals surface area contributed by atoms with Gasteiger partial charge in [-0.2, -0.15) is 0 Å². The molecule has 0 saturated heterocycles. The standard InChI is InChI=1S/C12H15NS2/c1-9-3-5-11(14-9)7-13-8-12-6-4-10(2)15-12/h3-6,13H,7-8H2,1-2H3. The summed E-state index contributed by atoms with van der Waals surface area (Å²) in [6.45, 7) is 6.26. The fourth-order valence-electron chi connectivity index (χ4n) is 1.47. The SMILES string of the molecule is Cc1ccc(CNCc2ccc(C)s2)s1. The van der Waals surface area contributed by atoms with Crippen LogP contribution in [0.5, 0.6) is 0 Å². The number of thiophene rings is 2. The summed E-state index contributed by atoms with van der Waals surface area (Å²) in [5.41, 5.74) is 0. The molecule has 0 aliphatic rings. The van der Waals surface area contributed by atoms with E-state index < -0.39 is 0 Å². The van der Waals surface area contributed by atoms with Gasteiger partial charge in [-0.1, -0.05) is 0 Å². The van der Waals surface area contributed by atoms with Gasteiger partial charge in [0.2, 0.25) is 0 Å². The second kappa shape index (κ2) is 4.92. The minimum Gasteiger partial charge on any atom is -0.307 e. The molecule has 0 spiro atoms. The van der Waals surface area contributed by atoms with Crippen molar-refractivity contribution in [3.63, 3.8) is 0 Å². The number of hydrogen-bond donors (Lipinski definition) is 1. The molecule has 2 aromatic rings. The van der Waals surface area contributed by atoms with Gasteiger partial charge in [-0.15, -0.1) is 22.7 Å². The second-order valence-electron chi connectivity index (χ2n) is 3.63.